The Labute approximate surface area is 132 Å². The fourth-order valence-corrected chi connectivity index (χ4v) is 2.58. The highest BCUT2D eigenvalue weighted by Crippen LogP contribution is 2.17. The second-order valence-corrected chi connectivity index (χ2v) is 5.81. The molecule has 1 aromatic carbocycles. The van der Waals surface area contributed by atoms with Crippen LogP contribution in [0.25, 0.3) is 5.69 Å². The van der Waals surface area contributed by atoms with E-state index in [1.54, 1.807) is 41.2 Å². The highest BCUT2D eigenvalue weighted by atomic mass is 35.5. The van der Waals surface area contributed by atoms with E-state index >= 15 is 0 Å². The van der Waals surface area contributed by atoms with Crippen LogP contribution in [0.15, 0.2) is 36.7 Å². The monoisotopic (exact) mass is 338 g/mol. The average molecular weight is 339 g/mol. The topological polar surface area (TPSA) is 95.6 Å². The molecule has 0 saturated heterocycles. The van der Waals surface area contributed by atoms with Gasteiger partial charge in [0.25, 0.3) is 0 Å². The first kappa shape index (κ1) is 14.7. The molecule has 0 spiro atoms. The van der Waals surface area contributed by atoms with E-state index in [9.17, 15) is 8.42 Å². The van der Waals surface area contributed by atoms with Crippen molar-refractivity contribution in [2.24, 2.45) is 0 Å². The highest BCUT2D eigenvalue weighted by Gasteiger charge is 2.15. The average Bonchev–Trinajstić information content (AvgIpc) is 3.11. The predicted molar refractivity (Wildman–Crippen MR) is 79.5 cm³/mol. The SMILES string of the molecule is O=[SH](=O)Cc1nnc(Cn2nccn2)n1-c1ccc(Cl)cc1. The van der Waals surface area contributed by atoms with Crippen molar-refractivity contribution in [3.05, 3.63) is 53.3 Å². The van der Waals surface area contributed by atoms with Gasteiger partial charge in [0.15, 0.2) is 11.6 Å². The highest BCUT2D eigenvalue weighted by molar-refractivity contribution is 7.71. The van der Waals surface area contributed by atoms with Crippen molar-refractivity contribution in [2.45, 2.75) is 12.3 Å². The molecule has 0 aliphatic rings. The molecule has 3 aromatic rings. The molecule has 2 heterocycles. The number of aromatic nitrogens is 6. The molecule has 0 bridgehead atoms. The van der Waals surface area contributed by atoms with Gasteiger partial charge in [-0.1, -0.05) is 11.6 Å². The first-order valence-electron chi connectivity index (χ1n) is 6.28. The number of rotatable bonds is 5. The largest absolute Gasteiger partial charge is 0.281 e. The van der Waals surface area contributed by atoms with E-state index in [-0.39, 0.29) is 12.3 Å². The Morgan fingerprint density at radius 1 is 1.00 bits per heavy atom. The summed E-state index contributed by atoms with van der Waals surface area (Å²) in [4.78, 5) is 1.44. The van der Waals surface area contributed by atoms with Crippen LogP contribution >= 0.6 is 11.6 Å². The Kier molecular flexibility index (Phi) is 4.16. The van der Waals surface area contributed by atoms with Crippen LogP contribution in [0, 0.1) is 0 Å². The molecule has 10 heteroatoms. The van der Waals surface area contributed by atoms with Gasteiger partial charge in [0.2, 0.25) is 0 Å². The maximum atomic E-state index is 11.0. The molecule has 0 aliphatic heterocycles. The van der Waals surface area contributed by atoms with Crippen LogP contribution in [-0.4, -0.2) is 38.2 Å². The minimum Gasteiger partial charge on any atom is -0.281 e. The third-order valence-electron chi connectivity index (χ3n) is 2.90. The second-order valence-electron chi connectivity index (χ2n) is 4.39. The third-order valence-corrected chi connectivity index (χ3v) is 3.69. The molecule has 8 nitrogen and oxygen atoms in total. The van der Waals surface area contributed by atoms with E-state index in [0.29, 0.717) is 16.7 Å². The molecule has 0 atom stereocenters. The van der Waals surface area contributed by atoms with Gasteiger partial charge in [-0.15, -0.1) is 10.2 Å². The van der Waals surface area contributed by atoms with Crippen molar-refractivity contribution in [3.63, 3.8) is 0 Å². The van der Waals surface area contributed by atoms with Crippen molar-refractivity contribution < 1.29 is 8.42 Å². The van der Waals surface area contributed by atoms with E-state index in [1.807, 2.05) is 0 Å². The minimum absolute atomic E-state index is 0.197. The molecule has 0 radical (unpaired) electrons. The van der Waals surface area contributed by atoms with Crippen molar-refractivity contribution in [3.8, 4) is 5.69 Å². The van der Waals surface area contributed by atoms with Crippen LogP contribution in [0.4, 0.5) is 0 Å². The van der Waals surface area contributed by atoms with E-state index < -0.39 is 10.7 Å². The van der Waals surface area contributed by atoms with Crippen LogP contribution in [0.2, 0.25) is 5.02 Å². The van der Waals surface area contributed by atoms with Crippen LogP contribution in [-0.2, 0) is 23.0 Å². The molecule has 3 rings (SSSR count). The molecular formula is C12H11ClN6O2S. The quantitative estimate of drug-likeness (QED) is 0.687. The number of thiol groups is 1. The van der Waals surface area contributed by atoms with Crippen LogP contribution < -0.4 is 0 Å². The lowest BCUT2D eigenvalue weighted by Gasteiger charge is -2.09. The Hall–Kier alpha value is -2.26. The number of hydrogen-bond acceptors (Lipinski definition) is 6. The molecular weight excluding hydrogens is 328 g/mol. The zero-order valence-corrected chi connectivity index (χ0v) is 12.9. The zero-order chi connectivity index (χ0) is 15.5. The number of nitrogens with zero attached hydrogens (tertiary/aromatic N) is 6. The van der Waals surface area contributed by atoms with Gasteiger partial charge in [-0.05, 0) is 24.3 Å². The molecule has 22 heavy (non-hydrogen) atoms. The second kappa shape index (κ2) is 6.24. The first-order chi connectivity index (χ1) is 10.6. The summed E-state index contributed by atoms with van der Waals surface area (Å²) in [6.07, 6.45) is 3.11. The first-order valence-corrected chi connectivity index (χ1v) is 8.02. The number of benzene rings is 1. The summed E-state index contributed by atoms with van der Waals surface area (Å²) in [6.45, 7) is 0.276. The molecule has 0 unspecified atom stereocenters. The fourth-order valence-electron chi connectivity index (χ4n) is 2.01. The van der Waals surface area contributed by atoms with Gasteiger partial charge in [-0.3, -0.25) is 4.57 Å². The van der Waals surface area contributed by atoms with Gasteiger partial charge >= 0.3 is 0 Å². The molecule has 2 aromatic heterocycles. The standard InChI is InChI=1S/C12H11ClN6O2S/c13-9-1-3-10(4-2-9)19-11(7-18-14-5-6-15-18)16-17-12(19)8-22(20)21/h1-6,22H,7-8H2. The Bertz CT molecular complexity index is 833. The normalized spacial score (nSPS) is 11.2. The molecule has 114 valence electrons. The van der Waals surface area contributed by atoms with E-state index in [2.05, 4.69) is 20.4 Å². The van der Waals surface area contributed by atoms with Crippen molar-refractivity contribution >= 4 is 22.3 Å². The van der Waals surface area contributed by atoms with Crippen molar-refractivity contribution in [1.29, 1.82) is 0 Å². The Morgan fingerprint density at radius 3 is 2.27 bits per heavy atom. The van der Waals surface area contributed by atoms with Crippen LogP contribution in [0.1, 0.15) is 11.6 Å². The van der Waals surface area contributed by atoms with Crippen molar-refractivity contribution in [1.82, 2.24) is 29.8 Å². The summed E-state index contributed by atoms with van der Waals surface area (Å²) >= 11 is 5.89. The lowest BCUT2D eigenvalue weighted by Crippen LogP contribution is -2.11. The van der Waals surface area contributed by atoms with Crippen LogP contribution in [0.3, 0.4) is 0 Å². The van der Waals surface area contributed by atoms with Gasteiger partial charge in [0.05, 0.1) is 12.4 Å². The predicted octanol–water partition coefficient (Wildman–Crippen LogP) is 0.672. The van der Waals surface area contributed by atoms with E-state index in [1.165, 1.54) is 4.80 Å². The van der Waals surface area contributed by atoms with Crippen molar-refractivity contribution in [2.75, 3.05) is 0 Å². The minimum atomic E-state index is -2.61. The molecule has 0 amide bonds. The van der Waals surface area contributed by atoms with Gasteiger partial charge in [0, 0.05) is 10.7 Å². The molecule has 0 N–H and O–H groups in total. The molecule has 0 fully saturated rings. The maximum absolute atomic E-state index is 11.0. The van der Waals surface area contributed by atoms with Gasteiger partial charge in [-0.25, -0.2) is 8.42 Å². The van der Waals surface area contributed by atoms with E-state index in [0.717, 1.165) is 5.69 Å². The molecule has 0 saturated carbocycles. The maximum Gasteiger partial charge on any atom is 0.161 e. The summed E-state index contributed by atoms with van der Waals surface area (Å²) in [6, 6.07) is 6.97. The smallest absolute Gasteiger partial charge is 0.161 e. The summed E-state index contributed by atoms with van der Waals surface area (Å²) in [5.41, 5.74) is 0.725. The Balaban J connectivity index is 2.06. The van der Waals surface area contributed by atoms with Crippen LogP contribution in [0.5, 0.6) is 0 Å². The van der Waals surface area contributed by atoms with E-state index in [4.69, 9.17) is 11.6 Å². The molecule has 0 aliphatic carbocycles. The third kappa shape index (κ3) is 3.15. The van der Waals surface area contributed by atoms with Gasteiger partial charge in [-0.2, -0.15) is 15.0 Å². The number of hydrogen-bond donors (Lipinski definition) is 1. The summed E-state index contributed by atoms with van der Waals surface area (Å²) in [7, 11) is -2.61. The summed E-state index contributed by atoms with van der Waals surface area (Å²) in [5.74, 6) is 0.670. The Morgan fingerprint density at radius 2 is 1.64 bits per heavy atom. The van der Waals surface area contributed by atoms with Gasteiger partial charge in [0.1, 0.15) is 23.0 Å². The number of halogens is 1. The lowest BCUT2D eigenvalue weighted by molar-refractivity contribution is 0.563. The van der Waals surface area contributed by atoms with Gasteiger partial charge < -0.3 is 0 Å². The zero-order valence-electron chi connectivity index (χ0n) is 11.2. The fraction of sp³-hybridized carbons (Fsp3) is 0.167. The summed E-state index contributed by atoms with van der Waals surface area (Å²) < 4.78 is 23.7. The lowest BCUT2D eigenvalue weighted by atomic mass is 10.3. The summed E-state index contributed by atoms with van der Waals surface area (Å²) in [5, 5.41) is 16.6.